The van der Waals surface area contributed by atoms with Crippen molar-refractivity contribution in [2.45, 2.75) is 70.1 Å². The van der Waals surface area contributed by atoms with Gasteiger partial charge in [0.2, 0.25) is 5.91 Å². The van der Waals surface area contributed by atoms with E-state index in [4.69, 9.17) is 19.4 Å². The third-order valence-electron chi connectivity index (χ3n) is 5.63. The molecule has 1 saturated heterocycles. The maximum absolute atomic E-state index is 12.7. The number of H-pyrrole nitrogens is 1. The Kier molecular flexibility index (Phi) is 11.4. The van der Waals surface area contributed by atoms with Crippen LogP contribution in [0.3, 0.4) is 0 Å². The normalized spacial score (nSPS) is 24.5. The van der Waals surface area contributed by atoms with Crippen LogP contribution in [-0.4, -0.2) is 72.2 Å². The second kappa shape index (κ2) is 14.1. The van der Waals surface area contributed by atoms with Gasteiger partial charge in [0.1, 0.15) is 0 Å². The van der Waals surface area contributed by atoms with Crippen molar-refractivity contribution in [1.29, 1.82) is 0 Å². The lowest BCUT2D eigenvalue weighted by Gasteiger charge is -2.39. The zero-order valence-corrected chi connectivity index (χ0v) is 17.8. The Bertz CT molecular complexity index is 592. The molecule has 1 aromatic heterocycles. The summed E-state index contributed by atoms with van der Waals surface area (Å²) in [5, 5.41) is 20.5. The molecule has 2 aliphatic rings. The quantitative estimate of drug-likeness (QED) is 0.443. The van der Waals surface area contributed by atoms with E-state index in [9.17, 15) is 4.79 Å². The fourth-order valence-corrected chi connectivity index (χ4v) is 4.08. The van der Waals surface area contributed by atoms with E-state index in [2.05, 4.69) is 27.8 Å². The number of hydrogen-bond donors (Lipinski definition) is 4. The second-order valence-corrected chi connectivity index (χ2v) is 7.83. The maximum Gasteiger partial charge on any atom is 0.290 e. The summed E-state index contributed by atoms with van der Waals surface area (Å²) in [4.78, 5) is 21.0. The zero-order chi connectivity index (χ0) is 21.6. The fourth-order valence-electron chi connectivity index (χ4n) is 4.08. The molecule has 0 spiro atoms. The number of amides is 1. The number of aromatic nitrogens is 2. The van der Waals surface area contributed by atoms with E-state index >= 15 is 0 Å². The molecule has 3 rings (SSSR count). The fraction of sp³-hybridized carbons (Fsp3) is 0.762. The van der Waals surface area contributed by atoms with Gasteiger partial charge >= 0.3 is 0 Å². The minimum atomic E-state index is -0.250. The van der Waals surface area contributed by atoms with Crippen LogP contribution in [0.15, 0.2) is 12.4 Å². The molecule has 2 heterocycles. The van der Waals surface area contributed by atoms with Crippen molar-refractivity contribution in [1.82, 2.24) is 20.8 Å². The molecule has 9 nitrogen and oxygen atoms in total. The summed E-state index contributed by atoms with van der Waals surface area (Å²) in [7, 11) is 0. The molecule has 1 aromatic rings. The predicted octanol–water partition coefficient (Wildman–Crippen LogP) is 1.50. The zero-order valence-electron chi connectivity index (χ0n) is 17.8. The number of carbonyl (C=O) groups is 2. The first kappa shape index (κ1) is 24.3. The van der Waals surface area contributed by atoms with E-state index in [0.717, 1.165) is 70.3 Å². The van der Waals surface area contributed by atoms with Gasteiger partial charge in [0, 0.05) is 50.6 Å². The topological polar surface area (TPSA) is 126 Å². The predicted molar refractivity (Wildman–Crippen MR) is 112 cm³/mol. The van der Waals surface area contributed by atoms with Gasteiger partial charge in [-0.15, -0.1) is 0 Å². The van der Waals surface area contributed by atoms with E-state index in [1.807, 2.05) is 6.20 Å². The number of nitrogens with one attached hydrogen (secondary N) is 3. The van der Waals surface area contributed by atoms with Crippen molar-refractivity contribution in [3.8, 4) is 0 Å². The number of hydrogen-bond acceptors (Lipinski definition) is 6. The molecule has 1 amide bonds. The SMILES string of the molecule is CCCO[C@@H]1CC[C@H](C(=O)NCCc2cn[nH]c2)C[C@H]1NC1CCOCC1.O=CO. The molecule has 2 fully saturated rings. The Balaban J connectivity index is 0.00000101. The second-order valence-electron chi connectivity index (χ2n) is 7.83. The molecule has 30 heavy (non-hydrogen) atoms. The van der Waals surface area contributed by atoms with Crippen LogP contribution < -0.4 is 10.6 Å². The summed E-state index contributed by atoms with van der Waals surface area (Å²) in [6.45, 7) is 4.98. The average molecular weight is 425 g/mol. The summed E-state index contributed by atoms with van der Waals surface area (Å²) in [5.74, 6) is 0.236. The Morgan fingerprint density at radius 1 is 1.37 bits per heavy atom. The summed E-state index contributed by atoms with van der Waals surface area (Å²) in [6.07, 6.45) is 10.5. The first-order chi connectivity index (χ1) is 14.7. The number of carboxylic acid groups (broad SMARTS) is 1. The van der Waals surface area contributed by atoms with Crippen molar-refractivity contribution >= 4 is 12.4 Å². The van der Waals surface area contributed by atoms with E-state index in [0.29, 0.717) is 12.6 Å². The van der Waals surface area contributed by atoms with Crippen molar-refractivity contribution in [2.75, 3.05) is 26.4 Å². The molecule has 0 unspecified atom stereocenters. The Morgan fingerprint density at radius 2 is 2.13 bits per heavy atom. The molecular weight excluding hydrogens is 388 g/mol. The van der Waals surface area contributed by atoms with Gasteiger partial charge in [-0.2, -0.15) is 5.10 Å². The highest BCUT2D eigenvalue weighted by Gasteiger charge is 2.35. The van der Waals surface area contributed by atoms with Crippen LogP contribution in [0.5, 0.6) is 0 Å². The van der Waals surface area contributed by atoms with Crippen LogP contribution in [0.4, 0.5) is 0 Å². The van der Waals surface area contributed by atoms with Crippen molar-refractivity contribution in [3.63, 3.8) is 0 Å². The van der Waals surface area contributed by atoms with Crippen LogP contribution in [0, 0.1) is 5.92 Å². The van der Waals surface area contributed by atoms with Crippen LogP contribution in [0.2, 0.25) is 0 Å². The largest absolute Gasteiger partial charge is 0.483 e. The molecular formula is C21H36N4O5. The monoisotopic (exact) mass is 424 g/mol. The summed E-state index contributed by atoms with van der Waals surface area (Å²) in [6, 6.07) is 0.720. The molecule has 4 N–H and O–H groups in total. The smallest absolute Gasteiger partial charge is 0.290 e. The lowest BCUT2D eigenvalue weighted by atomic mass is 9.82. The van der Waals surface area contributed by atoms with Crippen LogP contribution in [0.25, 0.3) is 0 Å². The number of aromatic amines is 1. The Labute approximate surface area is 178 Å². The van der Waals surface area contributed by atoms with E-state index < -0.39 is 0 Å². The van der Waals surface area contributed by atoms with E-state index in [1.54, 1.807) is 6.20 Å². The Morgan fingerprint density at radius 3 is 2.80 bits per heavy atom. The average Bonchev–Trinajstić information content (AvgIpc) is 3.27. The molecule has 0 bridgehead atoms. The molecule has 9 heteroatoms. The molecule has 0 aromatic carbocycles. The number of carbonyl (C=O) groups excluding carboxylic acids is 1. The summed E-state index contributed by atoms with van der Waals surface area (Å²) >= 11 is 0. The third kappa shape index (κ3) is 8.41. The van der Waals surface area contributed by atoms with Crippen molar-refractivity contribution < 1.29 is 24.2 Å². The minimum Gasteiger partial charge on any atom is -0.483 e. The van der Waals surface area contributed by atoms with Gasteiger partial charge < -0.3 is 25.2 Å². The molecule has 1 aliphatic heterocycles. The minimum absolute atomic E-state index is 0.0631. The first-order valence-corrected chi connectivity index (χ1v) is 11.0. The maximum atomic E-state index is 12.7. The van der Waals surface area contributed by atoms with Gasteiger partial charge in [-0.05, 0) is 50.5 Å². The molecule has 1 saturated carbocycles. The first-order valence-electron chi connectivity index (χ1n) is 11.0. The van der Waals surface area contributed by atoms with E-state index in [-0.39, 0.29) is 30.4 Å². The lowest BCUT2D eigenvalue weighted by Crippen LogP contribution is -2.52. The van der Waals surface area contributed by atoms with E-state index in [1.165, 1.54) is 0 Å². The van der Waals surface area contributed by atoms with Gasteiger partial charge in [0.05, 0.1) is 12.3 Å². The van der Waals surface area contributed by atoms with Crippen LogP contribution in [-0.2, 0) is 25.5 Å². The standard InChI is InChI=1S/C20H34N4O3.CH2O2/c1-2-9-27-19-4-3-16(12-18(19)24-17-6-10-26-11-7-17)20(25)21-8-5-15-13-22-23-14-15;2-1-3/h13-14,16-19,24H,2-12H2,1H3,(H,21,25)(H,22,23);1H,(H,2,3)/t16-,18+,19+;/m0./s1. The molecule has 0 radical (unpaired) electrons. The molecule has 3 atom stereocenters. The van der Waals surface area contributed by atoms with Gasteiger partial charge in [0.15, 0.2) is 0 Å². The third-order valence-corrected chi connectivity index (χ3v) is 5.63. The van der Waals surface area contributed by atoms with Crippen molar-refractivity contribution in [2.24, 2.45) is 5.92 Å². The summed E-state index contributed by atoms with van der Waals surface area (Å²) < 4.78 is 11.6. The van der Waals surface area contributed by atoms with Gasteiger partial charge in [0.25, 0.3) is 6.47 Å². The molecule has 1 aliphatic carbocycles. The van der Waals surface area contributed by atoms with Gasteiger partial charge in [-0.25, -0.2) is 0 Å². The Hall–Kier alpha value is -1.97. The van der Waals surface area contributed by atoms with Gasteiger partial charge in [-0.1, -0.05) is 6.92 Å². The highest BCUT2D eigenvalue weighted by Crippen LogP contribution is 2.28. The summed E-state index contributed by atoms with van der Waals surface area (Å²) in [5.41, 5.74) is 1.12. The number of rotatable bonds is 9. The van der Waals surface area contributed by atoms with Gasteiger partial charge in [-0.3, -0.25) is 14.7 Å². The van der Waals surface area contributed by atoms with Crippen molar-refractivity contribution in [3.05, 3.63) is 18.0 Å². The van der Waals surface area contributed by atoms with Crippen LogP contribution >= 0.6 is 0 Å². The lowest BCUT2D eigenvalue weighted by molar-refractivity contribution is -0.128. The number of ether oxygens (including phenoxy) is 2. The number of nitrogens with zero attached hydrogens (tertiary/aromatic N) is 1. The highest BCUT2D eigenvalue weighted by molar-refractivity contribution is 5.78. The van der Waals surface area contributed by atoms with Crippen LogP contribution in [0.1, 0.15) is 51.0 Å². The highest BCUT2D eigenvalue weighted by atomic mass is 16.5. The molecule has 170 valence electrons.